The number of para-hydroxylation sites is 3. The molecular formula is C61H62N9NaO9. The predicted molar refractivity (Wildman–Crippen MR) is 299 cm³/mol. The van der Waals surface area contributed by atoms with Gasteiger partial charge in [-0.25, -0.2) is 24.5 Å². The number of hydrogen-bond donors (Lipinski definition) is 4. The summed E-state index contributed by atoms with van der Waals surface area (Å²) in [6, 6.07) is 39.1. The number of carboxylic acid groups (broad SMARTS) is 1. The van der Waals surface area contributed by atoms with Crippen LogP contribution in [0.3, 0.4) is 0 Å². The molecule has 0 saturated heterocycles. The number of ketones is 1. The summed E-state index contributed by atoms with van der Waals surface area (Å²) < 4.78 is 11.4. The topological polar surface area (TPSA) is 251 Å². The number of Topliss-reactive ketones (excluding diaryl/α,β-unsaturated/α-hetero) is 1. The van der Waals surface area contributed by atoms with Crippen molar-refractivity contribution < 1.29 is 73.6 Å². The van der Waals surface area contributed by atoms with Gasteiger partial charge in [0.15, 0.2) is 5.78 Å². The quantitative estimate of drug-likeness (QED) is 0.0658. The van der Waals surface area contributed by atoms with Crippen molar-refractivity contribution in [3.8, 4) is 0 Å². The molecule has 0 fully saturated rings. The van der Waals surface area contributed by atoms with E-state index in [0.29, 0.717) is 55.0 Å². The number of imidazole rings is 3. The van der Waals surface area contributed by atoms with Gasteiger partial charge in [0.1, 0.15) is 17.5 Å². The maximum absolute atomic E-state index is 12.2. The zero-order valence-corrected chi connectivity index (χ0v) is 46.3. The van der Waals surface area contributed by atoms with Crippen molar-refractivity contribution in [2.24, 2.45) is 0 Å². The summed E-state index contributed by atoms with van der Waals surface area (Å²) >= 11 is 0. The number of aromatic carboxylic acids is 1. The number of aromatic nitrogens is 6. The SMILES string of the molecule is C.CC(=O)c1ccc(CCc2nc3cccc4c3n2CCNC4=O)cc1.CCOC(=O)c1ccc(CCc2nc3cccc4c3n2CCNC4=O)cc1.O=C(O)c1ccc(CCc2nc3cccc4c3n2CCNC4=O)cc1.[Na+].[OH-]. The Kier molecular flexibility index (Phi) is 19.7. The summed E-state index contributed by atoms with van der Waals surface area (Å²) in [5, 5.41) is 17.7. The fourth-order valence-electron chi connectivity index (χ4n) is 10.2. The molecule has 18 nitrogen and oxygen atoms in total. The molecule has 80 heavy (non-hydrogen) atoms. The Morgan fingerprint density at radius 1 is 0.500 bits per heavy atom. The van der Waals surface area contributed by atoms with E-state index in [2.05, 4.69) is 29.7 Å². The van der Waals surface area contributed by atoms with Crippen LogP contribution in [0.1, 0.15) is 118 Å². The van der Waals surface area contributed by atoms with Crippen LogP contribution in [0.25, 0.3) is 33.1 Å². The van der Waals surface area contributed by atoms with E-state index in [9.17, 15) is 28.8 Å². The molecule has 12 rings (SSSR count). The smallest absolute Gasteiger partial charge is 0.870 e. The Labute approximate surface area is 484 Å². The number of carboxylic acids is 1. The molecule has 0 aliphatic carbocycles. The van der Waals surface area contributed by atoms with E-state index in [1.165, 1.54) is 5.56 Å². The Hall–Kier alpha value is -8.29. The van der Waals surface area contributed by atoms with E-state index in [-0.39, 0.29) is 77.5 Å². The number of carbonyl (C=O) groups is 6. The second kappa shape index (κ2) is 26.6. The zero-order valence-electron chi connectivity index (χ0n) is 44.3. The van der Waals surface area contributed by atoms with Crippen molar-refractivity contribution in [3.63, 3.8) is 0 Å². The molecule has 0 atom stereocenters. The Morgan fingerprint density at radius 3 is 1.14 bits per heavy atom. The fourth-order valence-corrected chi connectivity index (χ4v) is 10.2. The van der Waals surface area contributed by atoms with E-state index in [1.807, 2.05) is 103 Å². The average molecular weight is 1090 g/mol. The molecule has 0 bridgehead atoms. The van der Waals surface area contributed by atoms with Crippen LogP contribution >= 0.6 is 0 Å². The molecule has 0 saturated carbocycles. The Morgan fingerprint density at radius 2 is 0.825 bits per heavy atom. The largest absolute Gasteiger partial charge is 1.00 e. The molecule has 5 N–H and O–H groups in total. The normalized spacial score (nSPS) is 12.9. The van der Waals surface area contributed by atoms with Gasteiger partial charge in [-0.15, -0.1) is 0 Å². The van der Waals surface area contributed by atoms with Crippen LogP contribution in [0.5, 0.6) is 0 Å². The second-order valence-corrected chi connectivity index (χ2v) is 19.0. The van der Waals surface area contributed by atoms with Crippen LogP contribution in [0, 0.1) is 0 Å². The van der Waals surface area contributed by atoms with Crippen molar-refractivity contribution in [1.82, 2.24) is 44.6 Å². The van der Waals surface area contributed by atoms with Gasteiger partial charge in [-0.2, -0.15) is 0 Å². The molecule has 6 heterocycles. The Balaban J connectivity index is 0.000000170. The molecule has 3 amide bonds. The molecule has 3 aliphatic rings. The maximum atomic E-state index is 12.2. The molecule has 9 aromatic rings. The molecule has 406 valence electrons. The summed E-state index contributed by atoms with van der Waals surface area (Å²) in [5.74, 6) is 1.65. The minimum atomic E-state index is -0.920. The number of ether oxygens (including phenoxy) is 1. The van der Waals surface area contributed by atoms with Crippen LogP contribution in [0.2, 0.25) is 0 Å². The number of nitrogens with zero attached hydrogens (tertiary/aromatic N) is 6. The van der Waals surface area contributed by atoms with Gasteiger partial charge in [0.2, 0.25) is 0 Å². The number of nitrogens with one attached hydrogen (secondary N) is 3. The first kappa shape index (κ1) is 59.4. The fraction of sp³-hybridized carbons (Fsp3) is 0.262. The van der Waals surface area contributed by atoms with Crippen LogP contribution in [-0.4, -0.2) is 101 Å². The van der Waals surface area contributed by atoms with Gasteiger partial charge in [0.05, 0.1) is 67.5 Å². The van der Waals surface area contributed by atoms with E-state index in [4.69, 9.17) is 24.8 Å². The molecule has 0 unspecified atom stereocenters. The van der Waals surface area contributed by atoms with Gasteiger partial charge >= 0.3 is 41.5 Å². The first-order chi connectivity index (χ1) is 37.4. The molecule has 19 heteroatoms. The molecule has 3 aliphatic heterocycles. The number of benzene rings is 6. The monoisotopic (exact) mass is 1090 g/mol. The van der Waals surface area contributed by atoms with E-state index in [1.54, 1.807) is 38.1 Å². The predicted octanol–water partition coefficient (Wildman–Crippen LogP) is 5.24. The molecule has 6 aromatic carbocycles. The van der Waals surface area contributed by atoms with Crippen molar-refractivity contribution >= 4 is 68.5 Å². The molecular weight excluding hydrogens is 1030 g/mol. The van der Waals surface area contributed by atoms with Crippen LogP contribution in [0.15, 0.2) is 127 Å². The summed E-state index contributed by atoms with van der Waals surface area (Å²) in [6.07, 6.45) is 4.71. The average Bonchev–Trinajstić information content (AvgIpc) is 4.16. The number of carbonyl (C=O) groups excluding carboxylic acids is 5. The van der Waals surface area contributed by atoms with Gasteiger partial charge in [-0.1, -0.05) is 74.2 Å². The van der Waals surface area contributed by atoms with E-state index in [0.717, 1.165) is 119 Å². The standard InChI is InChI=1S/C21H21N3O3.C20H19N3O2.C19H17N3O3.CH4.Na.H2O/c1-2-27-21(26)15-9-6-14(7-10-15)8-11-18-23-17-5-3-4-16-19(17)24(18)13-12-22-20(16)25;1-13(24)15-8-5-14(6-9-15)7-10-18-22-17-4-2-3-16-19(17)23(18)12-11-21-20(16)25;23-18-14-2-1-3-15-17(14)22(11-10-20-18)16(21-15)9-6-12-4-7-13(8-5-12)19(24)25;;;/h3-7,9-10H,2,8,11-13H2,1H3,(H,22,25);2-6,8-9H,7,10-12H2,1H3,(H,21,25);1-5,7-8H,6,9-11H2,(H,20,23)(H,24,25);1H4;;1H2/q;;;;+1;/p-1. The number of amides is 3. The maximum Gasteiger partial charge on any atom is 1.00 e. The minimum Gasteiger partial charge on any atom is -0.870 e. The number of aryl methyl sites for hydroxylation is 6. The van der Waals surface area contributed by atoms with Crippen molar-refractivity contribution in [3.05, 3.63) is 195 Å². The summed E-state index contributed by atoms with van der Waals surface area (Å²) in [5.41, 5.74) is 12.3. The molecule has 0 radical (unpaired) electrons. The van der Waals surface area contributed by atoms with Gasteiger partial charge in [0, 0.05) is 64.1 Å². The Bertz CT molecular complexity index is 3570. The van der Waals surface area contributed by atoms with Gasteiger partial charge in [-0.05, 0) is 110 Å². The zero-order chi connectivity index (χ0) is 53.6. The van der Waals surface area contributed by atoms with Crippen molar-refractivity contribution in [2.45, 2.75) is 79.4 Å². The first-order valence-electron chi connectivity index (χ1n) is 25.9. The van der Waals surface area contributed by atoms with Gasteiger partial charge < -0.3 is 45.0 Å². The summed E-state index contributed by atoms with van der Waals surface area (Å²) in [4.78, 5) is 84.8. The third-order valence-corrected chi connectivity index (χ3v) is 14.1. The first-order valence-corrected chi connectivity index (χ1v) is 25.9. The van der Waals surface area contributed by atoms with Gasteiger partial charge in [-0.3, -0.25) is 19.2 Å². The molecule has 3 aromatic heterocycles. The van der Waals surface area contributed by atoms with Crippen LogP contribution in [-0.2, 0) is 62.9 Å². The summed E-state index contributed by atoms with van der Waals surface area (Å²) in [6.45, 7) is 7.69. The van der Waals surface area contributed by atoms with Gasteiger partial charge in [0.25, 0.3) is 17.7 Å². The minimum absolute atomic E-state index is 0. The van der Waals surface area contributed by atoms with Crippen molar-refractivity contribution in [1.29, 1.82) is 0 Å². The second-order valence-electron chi connectivity index (χ2n) is 19.0. The van der Waals surface area contributed by atoms with Crippen LogP contribution in [0.4, 0.5) is 0 Å². The third kappa shape index (κ3) is 12.9. The third-order valence-electron chi connectivity index (χ3n) is 14.1. The summed E-state index contributed by atoms with van der Waals surface area (Å²) in [7, 11) is 0. The number of hydrogen-bond acceptors (Lipinski definition) is 11. The number of rotatable bonds is 13. The molecule has 0 spiro atoms. The van der Waals surface area contributed by atoms with E-state index < -0.39 is 5.97 Å². The van der Waals surface area contributed by atoms with E-state index >= 15 is 0 Å². The number of esters is 1. The van der Waals surface area contributed by atoms with Crippen molar-refractivity contribution in [2.75, 3.05) is 26.2 Å². The van der Waals surface area contributed by atoms with Crippen LogP contribution < -0.4 is 45.5 Å².